The molecule has 1 aliphatic heterocycles. The van der Waals surface area contributed by atoms with Crippen molar-refractivity contribution in [3.8, 4) is 0 Å². The fourth-order valence-electron chi connectivity index (χ4n) is 1.38. The van der Waals surface area contributed by atoms with Gasteiger partial charge in [0.2, 0.25) is 11.8 Å². The number of aliphatic hydroxyl groups is 1. The molecule has 1 fully saturated rings. The number of hydrogen-bond acceptors (Lipinski definition) is 3. The monoisotopic (exact) mass is 200 g/mol. The van der Waals surface area contributed by atoms with Crippen molar-refractivity contribution >= 4 is 11.8 Å². The maximum absolute atomic E-state index is 11.4. The van der Waals surface area contributed by atoms with Gasteiger partial charge in [-0.2, -0.15) is 0 Å². The molecule has 1 atom stereocenters. The second kappa shape index (κ2) is 5.59. The normalized spacial score (nSPS) is 20.6. The number of hydrogen-bond donors (Lipinski definition) is 3. The van der Waals surface area contributed by atoms with E-state index >= 15 is 0 Å². The lowest BCUT2D eigenvalue weighted by Gasteiger charge is -2.08. The molecule has 3 N–H and O–H groups in total. The lowest BCUT2D eigenvalue weighted by Crippen LogP contribution is -2.32. The molecule has 80 valence electrons. The summed E-state index contributed by atoms with van der Waals surface area (Å²) in [5, 5.41) is 13.9. The van der Waals surface area contributed by atoms with Crippen molar-refractivity contribution < 1.29 is 14.7 Å². The highest BCUT2D eigenvalue weighted by Gasteiger charge is 2.27. The number of unbranched alkanes of at least 4 members (excludes halogenated alkanes) is 1. The van der Waals surface area contributed by atoms with E-state index in [1.54, 1.807) is 0 Å². The van der Waals surface area contributed by atoms with E-state index in [1.165, 1.54) is 0 Å². The molecular weight excluding hydrogens is 184 g/mol. The quantitative estimate of drug-likeness (QED) is 0.499. The molecule has 5 nitrogen and oxygen atoms in total. The Morgan fingerprint density at radius 2 is 2.36 bits per heavy atom. The van der Waals surface area contributed by atoms with Crippen LogP contribution in [-0.4, -0.2) is 36.6 Å². The van der Waals surface area contributed by atoms with Gasteiger partial charge in [0.25, 0.3) is 0 Å². The number of aliphatic hydroxyl groups excluding tert-OH is 1. The van der Waals surface area contributed by atoms with Gasteiger partial charge in [0, 0.05) is 26.1 Å². The van der Waals surface area contributed by atoms with Gasteiger partial charge in [0.1, 0.15) is 0 Å². The highest BCUT2D eigenvalue weighted by Crippen LogP contribution is 2.08. The summed E-state index contributed by atoms with van der Waals surface area (Å²) >= 11 is 0. The maximum atomic E-state index is 11.4. The molecule has 0 radical (unpaired) electrons. The standard InChI is InChI=1S/C9H16N2O3/c12-4-2-1-3-10-9(14)7-5-8(13)11-6-7/h7,12H,1-6H2,(H,10,14)(H,11,13). The van der Waals surface area contributed by atoms with Gasteiger partial charge in [-0.3, -0.25) is 9.59 Å². The lowest BCUT2D eigenvalue weighted by atomic mass is 10.1. The Morgan fingerprint density at radius 3 is 2.93 bits per heavy atom. The first kappa shape index (κ1) is 11.0. The van der Waals surface area contributed by atoms with Gasteiger partial charge in [-0.05, 0) is 12.8 Å². The van der Waals surface area contributed by atoms with Crippen LogP contribution in [0.15, 0.2) is 0 Å². The Balaban J connectivity index is 2.12. The maximum Gasteiger partial charge on any atom is 0.225 e. The molecule has 5 heteroatoms. The van der Waals surface area contributed by atoms with Crippen LogP contribution < -0.4 is 10.6 Å². The average Bonchev–Trinajstić information content (AvgIpc) is 2.59. The smallest absolute Gasteiger partial charge is 0.225 e. The number of rotatable bonds is 5. The molecule has 0 aliphatic carbocycles. The van der Waals surface area contributed by atoms with Crippen molar-refractivity contribution in [3.05, 3.63) is 0 Å². The van der Waals surface area contributed by atoms with E-state index in [1.807, 2.05) is 0 Å². The second-order valence-electron chi connectivity index (χ2n) is 3.43. The molecule has 0 saturated carbocycles. The van der Waals surface area contributed by atoms with Crippen LogP contribution in [0.1, 0.15) is 19.3 Å². The van der Waals surface area contributed by atoms with Crippen molar-refractivity contribution in [2.75, 3.05) is 19.7 Å². The van der Waals surface area contributed by atoms with Crippen LogP contribution in [0.25, 0.3) is 0 Å². The first-order chi connectivity index (χ1) is 6.74. The highest BCUT2D eigenvalue weighted by molar-refractivity contribution is 5.89. The molecule has 0 aromatic carbocycles. The summed E-state index contributed by atoms with van der Waals surface area (Å²) in [5.74, 6) is -0.335. The predicted octanol–water partition coefficient (Wildman–Crippen LogP) is -0.989. The van der Waals surface area contributed by atoms with Crippen molar-refractivity contribution in [3.63, 3.8) is 0 Å². The summed E-state index contributed by atoms with van der Waals surface area (Å²) in [6, 6.07) is 0. The minimum Gasteiger partial charge on any atom is -0.396 e. The van der Waals surface area contributed by atoms with Crippen LogP contribution in [0, 0.1) is 5.92 Å². The van der Waals surface area contributed by atoms with Gasteiger partial charge >= 0.3 is 0 Å². The molecule has 14 heavy (non-hydrogen) atoms. The Labute approximate surface area is 82.9 Å². The van der Waals surface area contributed by atoms with E-state index in [0.29, 0.717) is 25.9 Å². The van der Waals surface area contributed by atoms with Crippen molar-refractivity contribution in [2.24, 2.45) is 5.92 Å². The van der Waals surface area contributed by atoms with E-state index < -0.39 is 0 Å². The molecule has 1 unspecified atom stereocenters. The Hall–Kier alpha value is -1.10. The second-order valence-corrected chi connectivity index (χ2v) is 3.43. The molecule has 1 heterocycles. The zero-order chi connectivity index (χ0) is 10.4. The third-order valence-electron chi connectivity index (χ3n) is 2.23. The minimum absolute atomic E-state index is 0.0551. The summed E-state index contributed by atoms with van der Waals surface area (Å²) in [6.45, 7) is 1.17. The van der Waals surface area contributed by atoms with Crippen LogP contribution in [0.2, 0.25) is 0 Å². The molecule has 0 aromatic heterocycles. The minimum atomic E-state index is -0.211. The van der Waals surface area contributed by atoms with Crippen LogP contribution >= 0.6 is 0 Å². The van der Waals surface area contributed by atoms with Crippen LogP contribution in [0.3, 0.4) is 0 Å². The fraction of sp³-hybridized carbons (Fsp3) is 0.778. The van der Waals surface area contributed by atoms with Gasteiger partial charge in [0.05, 0.1) is 5.92 Å². The SMILES string of the molecule is O=C1CC(C(=O)NCCCCO)CN1. The molecule has 0 spiro atoms. The largest absolute Gasteiger partial charge is 0.396 e. The summed E-state index contributed by atoms with van der Waals surface area (Å²) < 4.78 is 0. The van der Waals surface area contributed by atoms with Crippen LogP contribution in [-0.2, 0) is 9.59 Å². The van der Waals surface area contributed by atoms with Gasteiger partial charge in [-0.1, -0.05) is 0 Å². The molecule has 1 saturated heterocycles. The Kier molecular flexibility index (Phi) is 4.39. The first-order valence-corrected chi connectivity index (χ1v) is 4.89. The number of carbonyl (C=O) groups excluding carboxylic acids is 2. The summed E-state index contributed by atoms with van der Waals surface area (Å²) in [6.07, 6.45) is 1.77. The predicted molar refractivity (Wildman–Crippen MR) is 50.4 cm³/mol. The van der Waals surface area contributed by atoms with E-state index in [-0.39, 0.29) is 24.3 Å². The van der Waals surface area contributed by atoms with Crippen molar-refractivity contribution in [1.82, 2.24) is 10.6 Å². The lowest BCUT2D eigenvalue weighted by molar-refractivity contribution is -0.126. The highest BCUT2D eigenvalue weighted by atomic mass is 16.3. The third-order valence-corrected chi connectivity index (χ3v) is 2.23. The van der Waals surface area contributed by atoms with E-state index in [4.69, 9.17) is 5.11 Å². The molecule has 2 amide bonds. The van der Waals surface area contributed by atoms with Crippen LogP contribution in [0.5, 0.6) is 0 Å². The van der Waals surface area contributed by atoms with Gasteiger partial charge < -0.3 is 15.7 Å². The summed E-state index contributed by atoms with van der Waals surface area (Å²) in [4.78, 5) is 22.2. The molecule has 1 aliphatic rings. The first-order valence-electron chi connectivity index (χ1n) is 4.89. The van der Waals surface area contributed by atoms with Crippen LogP contribution in [0.4, 0.5) is 0 Å². The average molecular weight is 200 g/mol. The Morgan fingerprint density at radius 1 is 1.57 bits per heavy atom. The molecule has 0 bridgehead atoms. The van der Waals surface area contributed by atoms with Crippen molar-refractivity contribution in [2.45, 2.75) is 19.3 Å². The number of amides is 2. The van der Waals surface area contributed by atoms with Gasteiger partial charge in [-0.15, -0.1) is 0 Å². The molecule has 0 aromatic rings. The van der Waals surface area contributed by atoms with Crippen molar-refractivity contribution in [1.29, 1.82) is 0 Å². The van der Waals surface area contributed by atoms with Gasteiger partial charge in [0.15, 0.2) is 0 Å². The zero-order valence-electron chi connectivity index (χ0n) is 8.08. The van der Waals surface area contributed by atoms with E-state index in [2.05, 4.69) is 10.6 Å². The number of nitrogens with one attached hydrogen (secondary N) is 2. The molecular formula is C9H16N2O3. The molecule has 1 rings (SSSR count). The van der Waals surface area contributed by atoms with Gasteiger partial charge in [-0.25, -0.2) is 0 Å². The summed E-state index contributed by atoms with van der Waals surface area (Å²) in [7, 11) is 0. The van der Waals surface area contributed by atoms with E-state index in [0.717, 1.165) is 6.42 Å². The Bertz CT molecular complexity index is 218. The van der Waals surface area contributed by atoms with E-state index in [9.17, 15) is 9.59 Å². The summed E-state index contributed by atoms with van der Waals surface area (Å²) in [5.41, 5.74) is 0. The topological polar surface area (TPSA) is 78.4 Å². The fourth-order valence-corrected chi connectivity index (χ4v) is 1.38. The third kappa shape index (κ3) is 3.33. The number of carbonyl (C=O) groups is 2. The zero-order valence-corrected chi connectivity index (χ0v) is 8.08.